The lowest BCUT2D eigenvalue weighted by atomic mass is 10.1. The van der Waals surface area contributed by atoms with Gasteiger partial charge in [0.1, 0.15) is 5.45 Å². The maximum atomic E-state index is 3.54. The molecule has 13 heavy (non-hydrogen) atoms. The molecule has 0 aliphatic carbocycles. The summed E-state index contributed by atoms with van der Waals surface area (Å²) >= 11 is 3.54. The lowest BCUT2D eigenvalue weighted by molar-refractivity contribution is -0.876. The third-order valence-corrected chi connectivity index (χ3v) is 3.80. The molecule has 0 saturated carbocycles. The summed E-state index contributed by atoms with van der Waals surface area (Å²) in [5, 5.41) is 0. The first kappa shape index (κ1) is 13.4. The normalized spacial score (nSPS) is 12.0. The summed E-state index contributed by atoms with van der Waals surface area (Å²) in [6.07, 6.45) is 8.41. The Balaban J connectivity index is 3.16. The first-order valence-electron chi connectivity index (χ1n) is 5.50. The van der Waals surface area contributed by atoms with Gasteiger partial charge in [-0.15, -0.1) is 0 Å². The zero-order valence-corrected chi connectivity index (χ0v) is 11.1. The molecule has 0 aliphatic heterocycles. The smallest absolute Gasteiger partial charge is 0.133 e. The van der Waals surface area contributed by atoms with Gasteiger partial charge in [-0.2, -0.15) is 0 Å². The fourth-order valence-corrected chi connectivity index (χ4v) is 1.63. The fraction of sp³-hybridized carbons (Fsp3) is 1.00. The number of quaternary nitrogens is 1. The largest absolute Gasteiger partial charge is 0.320 e. The predicted octanol–water partition coefficient (Wildman–Crippen LogP) is 3.78. The Morgan fingerprint density at radius 1 is 0.923 bits per heavy atom. The van der Waals surface area contributed by atoms with Crippen LogP contribution in [0.4, 0.5) is 0 Å². The summed E-state index contributed by atoms with van der Waals surface area (Å²) in [5.41, 5.74) is 1.07. The van der Waals surface area contributed by atoms with Crippen molar-refractivity contribution in [2.24, 2.45) is 0 Å². The molecule has 0 unspecified atom stereocenters. The van der Waals surface area contributed by atoms with E-state index in [9.17, 15) is 0 Å². The number of unbranched alkanes of at least 4 members (excludes halogenated alkanes) is 5. The van der Waals surface area contributed by atoms with Gasteiger partial charge >= 0.3 is 0 Å². The summed E-state index contributed by atoms with van der Waals surface area (Å²) in [4.78, 5) is 0. The molecule has 0 radical (unpaired) electrons. The molecule has 1 nitrogen and oxygen atoms in total. The Morgan fingerprint density at radius 3 is 2.00 bits per heavy atom. The number of nitrogens with zero attached hydrogens (tertiary/aromatic N) is 1. The van der Waals surface area contributed by atoms with Crippen LogP contribution in [0.1, 0.15) is 45.4 Å². The molecule has 0 rings (SSSR count). The van der Waals surface area contributed by atoms with Crippen molar-refractivity contribution in [3.63, 3.8) is 0 Å². The van der Waals surface area contributed by atoms with Gasteiger partial charge in [-0.3, -0.25) is 0 Å². The standard InChI is InChI=1S/C11H25BrN/c1-4-5-6-7-8-9-10-13(2,3)11-12/h4-11H2,1-3H3/q+1. The Hall–Kier alpha value is 0.440. The summed E-state index contributed by atoms with van der Waals surface area (Å²) in [7, 11) is 4.56. The molecule has 0 amide bonds. The molecule has 0 heterocycles. The van der Waals surface area contributed by atoms with Crippen LogP contribution in [0.25, 0.3) is 0 Å². The van der Waals surface area contributed by atoms with E-state index >= 15 is 0 Å². The van der Waals surface area contributed by atoms with Crippen LogP contribution in [-0.2, 0) is 0 Å². The number of hydrogen-bond acceptors (Lipinski definition) is 0. The van der Waals surface area contributed by atoms with E-state index in [2.05, 4.69) is 36.9 Å². The van der Waals surface area contributed by atoms with Crippen LogP contribution in [0.3, 0.4) is 0 Å². The van der Waals surface area contributed by atoms with Crippen LogP contribution in [0.5, 0.6) is 0 Å². The van der Waals surface area contributed by atoms with Gasteiger partial charge in [-0.1, -0.05) is 32.6 Å². The van der Waals surface area contributed by atoms with Crippen molar-refractivity contribution in [2.75, 3.05) is 26.1 Å². The van der Waals surface area contributed by atoms with Crippen molar-refractivity contribution in [2.45, 2.75) is 45.4 Å². The van der Waals surface area contributed by atoms with Gasteiger partial charge < -0.3 is 4.48 Å². The van der Waals surface area contributed by atoms with Crippen molar-refractivity contribution >= 4 is 15.9 Å². The second kappa shape index (κ2) is 7.81. The Kier molecular flexibility index (Phi) is 8.07. The summed E-state index contributed by atoms with van der Waals surface area (Å²) in [5.74, 6) is 0. The molecule has 2 heteroatoms. The SMILES string of the molecule is CCCCCCCC[N+](C)(C)CBr. The Labute approximate surface area is 92.2 Å². The quantitative estimate of drug-likeness (QED) is 0.266. The lowest BCUT2D eigenvalue weighted by Crippen LogP contribution is -2.38. The molecule has 0 aromatic heterocycles. The molecular formula is C11H25BrN+. The van der Waals surface area contributed by atoms with E-state index in [0.29, 0.717) is 0 Å². The van der Waals surface area contributed by atoms with E-state index in [1.54, 1.807) is 0 Å². The first-order chi connectivity index (χ1) is 6.12. The van der Waals surface area contributed by atoms with Crippen LogP contribution in [0, 0.1) is 0 Å². The van der Waals surface area contributed by atoms with E-state index in [0.717, 1.165) is 9.94 Å². The van der Waals surface area contributed by atoms with Gasteiger partial charge in [0.25, 0.3) is 0 Å². The highest BCUT2D eigenvalue weighted by Gasteiger charge is 2.10. The Bertz CT molecular complexity index is 113. The number of halogens is 1. The average Bonchev–Trinajstić information content (AvgIpc) is 2.11. The molecule has 0 saturated heterocycles. The second-order valence-corrected chi connectivity index (χ2v) is 5.05. The van der Waals surface area contributed by atoms with Crippen LogP contribution in [0.2, 0.25) is 0 Å². The molecule has 0 aliphatic rings. The molecule has 0 spiro atoms. The zero-order chi connectivity index (χ0) is 10.2. The summed E-state index contributed by atoms with van der Waals surface area (Å²) < 4.78 is 1.10. The monoisotopic (exact) mass is 250 g/mol. The highest BCUT2D eigenvalue weighted by atomic mass is 79.9. The van der Waals surface area contributed by atoms with Crippen molar-refractivity contribution in [3.8, 4) is 0 Å². The van der Waals surface area contributed by atoms with Gasteiger partial charge in [-0.05, 0) is 28.8 Å². The summed E-state index contributed by atoms with van der Waals surface area (Å²) in [6, 6.07) is 0. The molecule has 0 aromatic carbocycles. The zero-order valence-electron chi connectivity index (χ0n) is 9.48. The predicted molar refractivity (Wildman–Crippen MR) is 64.1 cm³/mol. The third kappa shape index (κ3) is 8.76. The van der Waals surface area contributed by atoms with Crippen LogP contribution in [0.15, 0.2) is 0 Å². The first-order valence-corrected chi connectivity index (χ1v) is 6.62. The van der Waals surface area contributed by atoms with Crippen LogP contribution < -0.4 is 0 Å². The van der Waals surface area contributed by atoms with Gasteiger partial charge in [0.15, 0.2) is 0 Å². The molecule has 0 aromatic rings. The van der Waals surface area contributed by atoms with E-state index in [4.69, 9.17) is 0 Å². The van der Waals surface area contributed by atoms with Gasteiger partial charge in [0, 0.05) is 0 Å². The van der Waals surface area contributed by atoms with E-state index < -0.39 is 0 Å². The minimum absolute atomic E-state index is 1.07. The molecule has 0 N–H and O–H groups in total. The fourth-order valence-electron chi connectivity index (χ4n) is 1.38. The molecule has 0 fully saturated rings. The highest BCUT2D eigenvalue weighted by molar-refractivity contribution is 9.09. The van der Waals surface area contributed by atoms with Crippen molar-refractivity contribution in [1.82, 2.24) is 0 Å². The Morgan fingerprint density at radius 2 is 1.46 bits per heavy atom. The maximum absolute atomic E-state index is 3.54. The lowest BCUT2D eigenvalue weighted by Gasteiger charge is -2.26. The van der Waals surface area contributed by atoms with Gasteiger partial charge in [0.2, 0.25) is 0 Å². The minimum Gasteiger partial charge on any atom is -0.320 e. The van der Waals surface area contributed by atoms with Crippen molar-refractivity contribution in [1.29, 1.82) is 0 Å². The molecule has 80 valence electrons. The minimum atomic E-state index is 1.07. The van der Waals surface area contributed by atoms with Crippen molar-refractivity contribution in [3.05, 3.63) is 0 Å². The van der Waals surface area contributed by atoms with Crippen LogP contribution in [-0.4, -0.2) is 30.6 Å². The van der Waals surface area contributed by atoms with E-state index in [1.807, 2.05) is 0 Å². The van der Waals surface area contributed by atoms with E-state index in [1.165, 1.54) is 45.1 Å². The highest BCUT2D eigenvalue weighted by Crippen LogP contribution is 2.08. The summed E-state index contributed by atoms with van der Waals surface area (Å²) in [6.45, 7) is 3.57. The van der Waals surface area contributed by atoms with Gasteiger partial charge in [0.05, 0.1) is 20.6 Å². The number of rotatable bonds is 8. The molecule has 0 bridgehead atoms. The topological polar surface area (TPSA) is 0 Å². The third-order valence-electron chi connectivity index (χ3n) is 2.44. The molecule has 0 atom stereocenters. The maximum Gasteiger partial charge on any atom is 0.133 e. The van der Waals surface area contributed by atoms with Gasteiger partial charge in [-0.25, -0.2) is 0 Å². The average molecular weight is 251 g/mol. The van der Waals surface area contributed by atoms with Crippen molar-refractivity contribution < 1.29 is 4.48 Å². The van der Waals surface area contributed by atoms with Crippen LogP contribution >= 0.6 is 15.9 Å². The number of hydrogen-bond donors (Lipinski definition) is 0. The number of alkyl halides is 1. The molecular weight excluding hydrogens is 226 g/mol. The van der Waals surface area contributed by atoms with E-state index in [-0.39, 0.29) is 0 Å². The second-order valence-electron chi connectivity index (χ2n) is 4.55.